The van der Waals surface area contributed by atoms with E-state index in [-0.39, 0.29) is 0 Å². The summed E-state index contributed by atoms with van der Waals surface area (Å²) in [5.41, 5.74) is 2.71. The van der Waals surface area contributed by atoms with Gasteiger partial charge < -0.3 is 0 Å². The van der Waals surface area contributed by atoms with E-state index < -0.39 is 0 Å². The Morgan fingerprint density at radius 3 is 2.75 bits per heavy atom. The van der Waals surface area contributed by atoms with Crippen molar-refractivity contribution in [3.05, 3.63) is 35.4 Å². The van der Waals surface area contributed by atoms with Crippen LogP contribution in [0.4, 0.5) is 0 Å². The second-order valence-corrected chi connectivity index (χ2v) is 6.15. The van der Waals surface area contributed by atoms with E-state index in [0.717, 1.165) is 12.0 Å². The van der Waals surface area contributed by atoms with Crippen molar-refractivity contribution in [1.82, 2.24) is 0 Å². The quantitative estimate of drug-likeness (QED) is 0.642. The second kappa shape index (κ2) is 3.19. The Balaban J connectivity index is 2.08. The molecule has 0 amide bonds. The fourth-order valence-electron chi connectivity index (χ4n) is 3.70. The Kier molecular flexibility index (Phi) is 2.01. The SMILES string of the molecule is CC1(C)C[C@H]2CC(=O)c3ccccc3[C@@H]2C1. The minimum absolute atomic E-state index is 0.356. The van der Waals surface area contributed by atoms with Gasteiger partial charge in [0.2, 0.25) is 0 Å². The number of fused-ring (bicyclic) bond motifs is 3. The molecule has 0 N–H and O–H groups in total. The molecule has 16 heavy (non-hydrogen) atoms. The van der Waals surface area contributed by atoms with Crippen LogP contribution in [0.5, 0.6) is 0 Å². The summed E-state index contributed by atoms with van der Waals surface area (Å²) in [5.74, 6) is 1.58. The Morgan fingerprint density at radius 1 is 1.19 bits per heavy atom. The van der Waals surface area contributed by atoms with E-state index in [9.17, 15) is 4.79 Å². The molecule has 1 aromatic carbocycles. The zero-order chi connectivity index (χ0) is 11.3. The topological polar surface area (TPSA) is 17.1 Å². The first-order valence-electron chi connectivity index (χ1n) is 6.19. The van der Waals surface area contributed by atoms with Gasteiger partial charge in [-0.1, -0.05) is 38.1 Å². The largest absolute Gasteiger partial charge is 0.294 e. The molecule has 1 fully saturated rings. The van der Waals surface area contributed by atoms with Gasteiger partial charge in [0, 0.05) is 12.0 Å². The highest BCUT2D eigenvalue weighted by Gasteiger charge is 2.44. The minimum atomic E-state index is 0.356. The van der Waals surface area contributed by atoms with Crippen LogP contribution in [0.2, 0.25) is 0 Å². The highest BCUT2D eigenvalue weighted by atomic mass is 16.1. The van der Waals surface area contributed by atoms with Crippen LogP contribution in [0.3, 0.4) is 0 Å². The number of carbonyl (C=O) groups is 1. The van der Waals surface area contributed by atoms with Crippen molar-refractivity contribution in [3.63, 3.8) is 0 Å². The van der Waals surface area contributed by atoms with Crippen molar-refractivity contribution in [1.29, 1.82) is 0 Å². The lowest BCUT2D eigenvalue weighted by Gasteiger charge is -2.26. The normalized spacial score (nSPS) is 31.0. The third kappa shape index (κ3) is 1.41. The van der Waals surface area contributed by atoms with Crippen molar-refractivity contribution in [2.45, 2.75) is 39.0 Å². The van der Waals surface area contributed by atoms with Crippen LogP contribution in [0.25, 0.3) is 0 Å². The standard InChI is InChI=1S/C15H18O/c1-15(2)8-10-7-14(16)12-6-4-3-5-11(12)13(10)9-15/h3-6,10,13H,7-9H2,1-2H3/t10-,13-/m1/s1. The van der Waals surface area contributed by atoms with Gasteiger partial charge in [0.15, 0.2) is 5.78 Å². The molecule has 1 saturated carbocycles. The lowest BCUT2D eigenvalue weighted by atomic mass is 9.76. The van der Waals surface area contributed by atoms with Gasteiger partial charge in [0.25, 0.3) is 0 Å². The predicted octanol–water partition coefficient (Wildman–Crippen LogP) is 3.79. The van der Waals surface area contributed by atoms with Crippen LogP contribution in [-0.2, 0) is 0 Å². The third-order valence-electron chi connectivity index (χ3n) is 4.26. The van der Waals surface area contributed by atoms with Gasteiger partial charge in [-0.25, -0.2) is 0 Å². The fourth-order valence-corrected chi connectivity index (χ4v) is 3.70. The Labute approximate surface area is 96.9 Å². The number of rotatable bonds is 0. The van der Waals surface area contributed by atoms with Crippen molar-refractivity contribution in [2.24, 2.45) is 11.3 Å². The summed E-state index contributed by atoms with van der Waals surface area (Å²) in [4.78, 5) is 12.0. The number of benzene rings is 1. The molecule has 0 aliphatic heterocycles. The van der Waals surface area contributed by atoms with Crippen molar-refractivity contribution < 1.29 is 4.79 Å². The maximum absolute atomic E-state index is 12.0. The minimum Gasteiger partial charge on any atom is -0.294 e. The smallest absolute Gasteiger partial charge is 0.163 e. The third-order valence-corrected chi connectivity index (χ3v) is 4.26. The van der Waals surface area contributed by atoms with Crippen LogP contribution < -0.4 is 0 Å². The summed E-state index contributed by atoms with van der Waals surface area (Å²) >= 11 is 0. The summed E-state index contributed by atoms with van der Waals surface area (Å²) in [6.07, 6.45) is 3.21. The van der Waals surface area contributed by atoms with E-state index in [0.29, 0.717) is 23.0 Å². The summed E-state index contributed by atoms with van der Waals surface area (Å²) in [5, 5.41) is 0. The van der Waals surface area contributed by atoms with Crippen LogP contribution in [0.15, 0.2) is 24.3 Å². The van der Waals surface area contributed by atoms with Gasteiger partial charge in [-0.15, -0.1) is 0 Å². The van der Waals surface area contributed by atoms with E-state index in [1.54, 1.807) is 0 Å². The number of hydrogen-bond donors (Lipinski definition) is 0. The first-order chi connectivity index (χ1) is 7.57. The van der Waals surface area contributed by atoms with Crippen molar-refractivity contribution in [3.8, 4) is 0 Å². The molecule has 0 radical (unpaired) electrons. The maximum Gasteiger partial charge on any atom is 0.163 e. The molecule has 0 heterocycles. The monoisotopic (exact) mass is 214 g/mol. The fraction of sp³-hybridized carbons (Fsp3) is 0.533. The number of ketones is 1. The summed E-state index contributed by atoms with van der Waals surface area (Å²) in [7, 11) is 0. The van der Waals surface area contributed by atoms with Gasteiger partial charge in [-0.05, 0) is 35.7 Å². The second-order valence-electron chi connectivity index (χ2n) is 6.15. The Morgan fingerprint density at radius 2 is 1.94 bits per heavy atom. The van der Waals surface area contributed by atoms with Gasteiger partial charge in [0.05, 0.1) is 0 Å². The predicted molar refractivity (Wildman–Crippen MR) is 64.6 cm³/mol. The van der Waals surface area contributed by atoms with E-state index >= 15 is 0 Å². The molecule has 2 atom stereocenters. The molecule has 1 aromatic rings. The maximum atomic E-state index is 12.0. The molecule has 3 rings (SSSR count). The molecule has 2 aliphatic rings. The lowest BCUT2D eigenvalue weighted by molar-refractivity contribution is 0.0942. The molecule has 0 aromatic heterocycles. The van der Waals surface area contributed by atoms with E-state index in [1.165, 1.54) is 18.4 Å². The average molecular weight is 214 g/mol. The lowest BCUT2D eigenvalue weighted by Crippen LogP contribution is -2.21. The zero-order valence-electron chi connectivity index (χ0n) is 9.99. The van der Waals surface area contributed by atoms with Gasteiger partial charge >= 0.3 is 0 Å². The highest BCUT2D eigenvalue weighted by molar-refractivity contribution is 5.99. The summed E-state index contributed by atoms with van der Waals surface area (Å²) in [6.45, 7) is 4.66. The number of hydrogen-bond acceptors (Lipinski definition) is 1. The summed E-state index contributed by atoms with van der Waals surface area (Å²) < 4.78 is 0. The van der Waals surface area contributed by atoms with Gasteiger partial charge in [-0.3, -0.25) is 4.79 Å². The van der Waals surface area contributed by atoms with Crippen LogP contribution in [0.1, 0.15) is 54.9 Å². The van der Waals surface area contributed by atoms with Gasteiger partial charge in [0.1, 0.15) is 0 Å². The molecular formula is C15H18O. The van der Waals surface area contributed by atoms with Crippen molar-refractivity contribution in [2.75, 3.05) is 0 Å². The van der Waals surface area contributed by atoms with E-state index in [4.69, 9.17) is 0 Å². The molecule has 0 bridgehead atoms. The first kappa shape index (κ1) is 10.1. The van der Waals surface area contributed by atoms with Crippen LogP contribution in [0, 0.1) is 11.3 Å². The molecule has 2 aliphatic carbocycles. The van der Waals surface area contributed by atoms with Gasteiger partial charge in [-0.2, -0.15) is 0 Å². The first-order valence-corrected chi connectivity index (χ1v) is 6.19. The Bertz CT molecular complexity index is 445. The summed E-state index contributed by atoms with van der Waals surface area (Å²) in [6, 6.07) is 8.21. The Hall–Kier alpha value is -1.11. The highest BCUT2D eigenvalue weighted by Crippen LogP contribution is 2.54. The molecule has 84 valence electrons. The zero-order valence-corrected chi connectivity index (χ0v) is 9.99. The molecule has 1 heteroatoms. The van der Waals surface area contributed by atoms with Crippen LogP contribution >= 0.6 is 0 Å². The van der Waals surface area contributed by atoms with E-state index in [1.807, 2.05) is 12.1 Å². The van der Waals surface area contributed by atoms with E-state index in [2.05, 4.69) is 26.0 Å². The number of carbonyl (C=O) groups excluding carboxylic acids is 1. The molecule has 0 unspecified atom stereocenters. The number of Topliss-reactive ketones (excluding diaryl/α,β-unsaturated/α-hetero) is 1. The van der Waals surface area contributed by atoms with Crippen LogP contribution in [-0.4, -0.2) is 5.78 Å². The molecule has 1 nitrogen and oxygen atoms in total. The molecular weight excluding hydrogens is 196 g/mol. The molecule has 0 spiro atoms. The molecule has 0 saturated heterocycles. The van der Waals surface area contributed by atoms with Crippen molar-refractivity contribution >= 4 is 5.78 Å². The average Bonchev–Trinajstić information content (AvgIpc) is 2.53.